The highest BCUT2D eigenvalue weighted by atomic mass is 32.2. The largest absolute Gasteiger partial charge is 0.302 e. The van der Waals surface area contributed by atoms with Crippen molar-refractivity contribution in [3.05, 3.63) is 0 Å². The Labute approximate surface area is 143 Å². The molecule has 0 heterocycles. The second kappa shape index (κ2) is 7.70. The maximum atomic E-state index is 12.9. The first-order valence-corrected chi connectivity index (χ1v) is 9.41. The Morgan fingerprint density at radius 1 is 0.955 bits per heavy atom. The van der Waals surface area contributed by atoms with Crippen molar-refractivity contribution in [2.24, 2.45) is 11.3 Å². The number of thioether (sulfide) groups is 1. The number of rotatable bonds is 6. The first-order valence-electron chi connectivity index (χ1n) is 8.53. The van der Waals surface area contributed by atoms with Crippen LogP contribution in [0.3, 0.4) is 0 Å². The maximum absolute atomic E-state index is 12.9. The second-order valence-electron chi connectivity index (χ2n) is 9.74. The van der Waals surface area contributed by atoms with E-state index in [1.54, 1.807) is 0 Å². The summed E-state index contributed by atoms with van der Waals surface area (Å²) in [6.07, 6.45) is 1.05. The lowest BCUT2D eigenvalue weighted by molar-refractivity contribution is -0.130. The molecule has 0 radical (unpaired) electrons. The zero-order valence-corrected chi connectivity index (χ0v) is 17.6. The average molecular weight is 330 g/mol. The van der Waals surface area contributed by atoms with Crippen LogP contribution in [0.5, 0.6) is 0 Å². The SMILES string of the molecule is CC(CC(C)C(NC(C)(C)C)C(=O)C(C)(C)C)SC(C)(C)C. The molecule has 0 aromatic rings. The minimum absolute atomic E-state index is 0.0553. The Balaban J connectivity index is 5.06. The zero-order chi connectivity index (χ0) is 17.9. The summed E-state index contributed by atoms with van der Waals surface area (Å²) in [7, 11) is 0. The average Bonchev–Trinajstić information content (AvgIpc) is 2.19. The molecule has 0 spiro atoms. The van der Waals surface area contributed by atoms with Gasteiger partial charge in [0.25, 0.3) is 0 Å². The Morgan fingerprint density at radius 3 is 1.73 bits per heavy atom. The molecule has 0 aromatic carbocycles. The minimum Gasteiger partial charge on any atom is -0.302 e. The zero-order valence-electron chi connectivity index (χ0n) is 16.8. The summed E-state index contributed by atoms with van der Waals surface area (Å²) in [6, 6.07) is -0.0805. The van der Waals surface area contributed by atoms with Crippen LogP contribution in [0, 0.1) is 11.3 Å². The van der Waals surface area contributed by atoms with Gasteiger partial charge in [0.05, 0.1) is 6.04 Å². The van der Waals surface area contributed by atoms with Gasteiger partial charge in [-0.3, -0.25) is 4.79 Å². The third-order valence-electron chi connectivity index (χ3n) is 3.44. The van der Waals surface area contributed by atoms with Crippen LogP contribution in [0.15, 0.2) is 0 Å². The molecule has 0 aliphatic rings. The van der Waals surface area contributed by atoms with Gasteiger partial charge in [0.15, 0.2) is 5.78 Å². The van der Waals surface area contributed by atoms with E-state index in [2.05, 4.69) is 60.7 Å². The fourth-order valence-corrected chi connectivity index (χ4v) is 4.32. The summed E-state index contributed by atoms with van der Waals surface area (Å²) in [5.74, 6) is 0.652. The molecular weight excluding hydrogens is 290 g/mol. The van der Waals surface area contributed by atoms with E-state index in [-0.39, 0.29) is 21.7 Å². The molecule has 0 fully saturated rings. The predicted octanol–water partition coefficient (Wildman–Crippen LogP) is 5.30. The van der Waals surface area contributed by atoms with Crippen LogP contribution < -0.4 is 5.32 Å². The highest BCUT2D eigenvalue weighted by Gasteiger charge is 2.36. The van der Waals surface area contributed by atoms with Crippen LogP contribution in [-0.2, 0) is 4.79 Å². The predicted molar refractivity (Wildman–Crippen MR) is 102 cm³/mol. The summed E-state index contributed by atoms with van der Waals surface area (Å²) < 4.78 is 0.264. The molecule has 0 aromatic heterocycles. The number of ketones is 1. The quantitative estimate of drug-likeness (QED) is 0.716. The van der Waals surface area contributed by atoms with Crippen molar-refractivity contribution in [2.45, 2.75) is 104 Å². The van der Waals surface area contributed by atoms with E-state index in [9.17, 15) is 4.79 Å². The van der Waals surface area contributed by atoms with Gasteiger partial charge in [-0.1, -0.05) is 55.4 Å². The van der Waals surface area contributed by atoms with E-state index < -0.39 is 0 Å². The van der Waals surface area contributed by atoms with Crippen LogP contribution >= 0.6 is 11.8 Å². The topological polar surface area (TPSA) is 29.1 Å². The second-order valence-corrected chi connectivity index (χ2v) is 12.0. The Morgan fingerprint density at radius 2 is 1.41 bits per heavy atom. The van der Waals surface area contributed by atoms with Crippen molar-refractivity contribution < 1.29 is 4.79 Å². The van der Waals surface area contributed by atoms with Gasteiger partial charge in [-0.05, 0) is 33.1 Å². The lowest BCUT2D eigenvalue weighted by Crippen LogP contribution is -2.54. The molecule has 2 nitrogen and oxygen atoms in total. The number of nitrogens with one attached hydrogen (secondary N) is 1. The van der Waals surface area contributed by atoms with Crippen molar-refractivity contribution >= 4 is 17.5 Å². The van der Waals surface area contributed by atoms with Gasteiger partial charge in [-0.25, -0.2) is 0 Å². The monoisotopic (exact) mass is 329 g/mol. The third-order valence-corrected chi connectivity index (χ3v) is 4.74. The number of carbonyl (C=O) groups is 1. The normalized spacial score (nSPS) is 18.0. The van der Waals surface area contributed by atoms with Crippen molar-refractivity contribution in [3.63, 3.8) is 0 Å². The van der Waals surface area contributed by atoms with E-state index in [1.165, 1.54) is 0 Å². The summed E-state index contributed by atoms with van der Waals surface area (Å²) >= 11 is 2.00. The lowest BCUT2D eigenvalue weighted by atomic mass is 9.80. The molecule has 0 rings (SSSR count). The summed E-state index contributed by atoms with van der Waals surface area (Å²) in [5, 5.41) is 4.12. The van der Waals surface area contributed by atoms with Gasteiger partial charge in [0.1, 0.15) is 0 Å². The standard InChI is InChI=1S/C19H39NOS/c1-13(12-14(2)22-19(9,10)11)15(20-18(6,7)8)16(21)17(3,4)5/h13-15,20H,12H2,1-11H3. The summed E-state index contributed by atoms with van der Waals surface area (Å²) in [4.78, 5) is 12.9. The number of hydrogen-bond acceptors (Lipinski definition) is 3. The van der Waals surface area contributed by atoms with Crippen LogP contribution in [0.1, 0.15) is 82.6 Å². The van der Waals surface area contributed by atoms with Crippen LogP contribution in [0.4, 0.5) is 0 Å². The molecule has 3 atom stereocenters. The molecule has 0 bridgehead atoms. The summed E-state index contributed by atoms with van der Waals surface area (Å²) in [6.45, 7) is 23.7. The highest BCUT2D eigenvalue weighted by molar-refractivity contribution is 8.01. The van der Waals surface area contributed by atoms with Gasteiger partial charge < -0.3 is 5.32 Å². The van der Waals surface area contributed by atoms with Crippen LogP contribution in [0.2, 0.25) is 0 Å². The molecule has 1 N–H and O–H groups in total. The Bertz CT molecular complexity index is 357. The molecule has 3 heteroatoms. The van der Waals surface area contributed by atoms with Crippen molar-refractivity contribution in [1.82, 2.24) is 5.32 Å². The molecule has 0 amide bonds. The van der Waals surface area contributed by atoms with E-state index in [0.717, 1.165) is 6.42 Å². The van der Waals surface area contributed by atoms with Crippen LogP contribution in [0.25, 0.3) is 0 Å². The maximum Gasteiger partial charge on any atom is 0.155 e. The van der Waals surface area contributed by atoms with Crippen molar-refractivity contribution in [3.8, 4) is 0 Å². The molecule has 0 aliphatic carbocycles. The molecule has 132 valence electrons. The molecule has 3 unspecified atom stereocenters. The Kier molecular flexibility index (Phi) is 7.69. The van der Waals surface area contributed by atoms with E-state index in [0.29, 0.717) is 17.0 Å². The highest BCUT2D eigenvalue weighted by Crippen LogP contribution is 2.33. The number of carbonyl (C=O) groups excluding carboxylic acids is 1. The van der Waals surface area contributed by atoms with Gasteiger partial charge in [0, 0.05) is 21.0 Å². The summed E-state index contributed by atoms with van der Waals surface area (Å²) in [5.41, 5.74) is -0.363. The molecule has 0 aliphatic heterocycles. The molecule has 22 heavy (non-hydrogen) atoms. The molecular formula is C19H39NOS. The van der Waals surface area contributed by atoms with Crippen LogP contribution in [-0.4, -0.2) is 27.4 Å². The molecule has 0 saturated heterocycles. The fraction of sp³-hybridized carbons (Fsp3) is 0.947. The van der Waals surface area contributed by atoms with Crippen molar-refractivity contribution in [2.75, 3.05) is 0 Å². The third kappa shape index (κ3) is 9.19. The number of Topliss-reactive ketones (excluding diaryl/α,β-unsaturated/α-hetero) is 1. The smallest absolute Gasteiger partial charge is 0.155 e. The number of hydrogen-bond donors (Lipinski definition) is 1. The first-order chi connectivity index (χ1) is 9.53. The van der Waals surface area contributed by atoms with Gasteiger partial charge >= 0.3 is 0 Å². The van der Waals surface area contributed by atoms with Gasteiger partial charge in [0.2, 0.25) is 0 Å². The lowest BCUT2D eigenvalue weighted by Gasteiger charge is -2.36. The van der Waals surface area contributed by atoms with E-state index >= 15 is 0 Å². The molecule has 0 saturated carbocycles. The Hall–Kier alpha value is -0.0200. The fourth-order valence-electron chi connectivity index (χ4n) is 2.71. The van der Waals surface area contributed by atoms with E-state index in [4.69, 9.17) is 0 Å². The first kappa shape index (κ1) is 22.0. The van der Waals surface area contributed by atoms with E-state index in [1.807, 2.05) is 32.5 Å². The minimum atomic E-state index is -0.308. The van der Waals surface area contributed by atoms with Gasteiger partial charge in [-0.2, -0.15) is 11.8 Å². The van der Waals surface area contributed by atoms with Crippen molar-refractivity contribution in [1.29, 1.82) is 0 Å². The van der Waals surface area contributed by atoms with Gasteiger partial charge in [-0.15, -0.1) is 0 Å².